The Morgan fingerprint density at radius 2 is 1.20 bits per heavy atom. The number of thiophene rings is 1. The average molecular weight is 833 g/mol. The number of aromatic nitrogens is 3. The molecule has 0 aliphatic carbocycles. The summed E-state index contributed by atoms with van der Waals surface area (Å²) < 4.78 is 7.51. The van der Waals surface area contributed by atoms with Gasteiger partial charge in [0.25, 0.3) is 0 Å². The minimum atomic E-state index is 1.08. The molecule has 5 heterocycles. The van der Waals surface area contributed by atoms with Gasteiger partial charge in [0.2, 0.25) is 0 Å². The van der Waals surface area contributed by atoms with E-state index in [-0.39, 0.29) is 0 Å². The third-order valence-electron chi connectivity index (χ3n) is 13.3. The highest BCUT2D eigenvalue weighted by Gasteiger charge is 2.25. The third-order valence-corrected chi connectivity index (χ3v) is 14.4. The summed E-state index contributed by atoms with van der Waals surface area (Å²) in [7, 11) is 0. The number of hydrogen-bond donors (Lipinski definition) is 0. The highest BCUT2D eigenvalue weighted by atomic mass is 32.1. The van der Waals surface area contributed by atoms with Gasteiger partial charge in [-0.1, -0.05) is 115 Å². The maximum atomic E-state index is 4.60. The zero-order chi connectivity index (χ0) is 41.9. The Kier molecular flexibility index (Phi) is 7.53. The first-order chi connectivity index (χ1) is 31.8. The number of rotatable bonds is 5. The minimum absolute atomic E-state index is 1.08. The van der Waals surface area contributed by atoms with Gasteiger partial charge in [0, 0.05) is 82.1 Å². The van der Waals surface area contributed by atoms with E-state index in [9.17, 15) is 0 Å². The first-order valence-electron chi connectivity index (χ1n) is 21.8. The lowest BCUT2D eigenvalue weighted by Crippen LogP contribution is -2.11. The molecule has 5 heteroatoms. The standard InChI is InChI=1S/C59H36N4S/c1-3-13-41(14-4-1)61(43-27-29-52-47(35-43)48-36-60-32-31-53(48)62(52)42-15-5-2-6-16-42)50-20-10-7-17-44(50)37-25-28-49-38(33-37)23-24-40-34-39-26-30-55-57(46-19-9-12-22-54(46)64-55)56(39)58-45-18-8-11-21-51(45)63(49)59(40)58/h1-36H. The molecule has 0 radical (unpaired) electrons. The van der Waals surface area contributed by atoms with Crippen molar-refractivity contribution >= 4 is 115 Å². The number of hydrogen-bond acceptors (Lipinski definition) is 3. The van der Waals surface area contributed by atoms with E-state index in [1.165, 1.54) is 69.6 Å². The largest absolute Gasteiger partial charge is 0.310 e. The summed E-state index contributed by atoms with van der Waals surface area (Å²) in [5, 5.41) is 10.2. The van der Waals surface area contributed by atoms with E-state index >= 15 is 0 Å². The maximum absolute atomic E-state index is 4.60. The highest BCUT2D eigenvalue weighted by molar-refractivity contribution is 7.26. The van der Waals surface area contributed by atoms with Crippen molar-refractivity contribution in [2.75, 3.05) is 4.90 Å². The zero-order valence-electron chi connectivity index (χ0n) is 34.5. The number of pyridine rings is 1. The molecule has 13 aromatic rings. The fourth-order valence-corrected chi connectivity index (χ4v) is 11.7. The molecular weight excluding hydrogens is 797 g/mol. The summed E-state index contributed by atoms with van der Waals surface area (Å²) in [5.41, 5.74) is 15.0. The van der Waals surface area contributed by atoms with Gasteiger partial charge in [0.15, 0.2) is 0 Å². The van der Waals surface area contributed by atoms with Gasteiger partial charge in [-0.2, -0.15) is 0 Å². The van der Waals surface area contributed by atoms with E-state index in [1.807, 2.05) is 23.7 Å². The summed E-state index contributed by atoms with van der Waals surface area (Å²) in [6.45, 7) is 0. The summed E-state index contributed by atoms with van der Waals surface area (Å²) in [6, 6.07) is 71.0. The van der Waals surface area contributed by atoms with Gasteiger partial charge >= 0.3 is 0 Å². The third kappa shape index (κ3) is 5.07. The Morgan fingerprint density at radius 1 is 0.453 bits per heavy atom. The van der Waals surface area contributed by atoms with Gasteiger partial charge in [0.05, 0.1) is 33.4 Å². The van der Waals surface area contributed by atoms with Crippen LogP contribution in [0.5, 0.6) is 0 Å². The molecule has 0 amide bonds. The summed E-state index contributed by atoms with van der Waals surface area (Å²) in [4.78, 5) is 7.00. The minimum Gasteiger partial charge on any atom is -0.310 e. The molecule has 0 saturated heterocycles. The van der Waals surface area contributed by atoms with Crippen LogP contribution in [0.3, 0.4) is 0 Å². The molecule has 9 aromatic carbocycles. The van der Waals surface area contributed by atoms with Crippen LogP contribution in [0.15, 0.2) is 207 Å². The number of fused-ring (bicyclic) bond motifs is 14. The highest BCUT2D eigenvalue weighted by Crippen LogP contribution is 2.48. The second-order valence-corrected chi connectivity index (χ2v) is 17.8. The topological polar surface area (TPSA) is 26.0 Å². The smallest absolute Gasteiger partial charge is 0.0620 e. The quantitative estimate of drug-likeness (QED) is 0.173. The molecule has 14 rings (SSSR count). The number of anilines is 3. The number of para-hydroxylation sites is 4. The molecule has 4 nitrogen and oxygen atoms in total. The molecule has 0 unspecified atom stereocenters. The monoisotopic (exact) mass is 832 g/mol. The first-order valence-corrected chi connectivity index (χ1v) is 22.6. The molecule has 0 saturated carbocycles. The Morgan fingerprint density at radius 3 is 2.11 bits per heavy atom. The van der Waals surface area contributed by atoms with Crippen LogP contribution in [0.1, 0.15) is 11.1 Å². The summed E-state index contributed by atoms with van der Waals surface area (Å²) >= 11 is 1.89. The Labute approximate surface area is 372 Å². The van der Waals surface area contributed by atoms with Crippen LogP contribution in [-0.4, -0.2) is 14.1 Å². The Bertz CT molecular complexity index is 4080. The van der Waals surface area contributed by atoms with Crippen LogP contribution in [-0.2, 0) is 0 Å². The maximum Gasteiger partial charge on any atom is 0.0620 e. The van der Waals surface area contributed by atoms with Crippen molar-refractivity contribution < 1.29 is 0 Å². The molecule has 1 aliphatic rings. The van der Waals surface area contributed by atoms with Gasteiger partial charge in [-0.25, -0.2) is 0 Å². The van der Waals surface area contributed by atoms with E-state index in [0.29, 0.717) is 0 Å². The van der Waals surface area contributed by atoms with Crippen molar-refractivity contribution in [1.82, 2.24) is 14.1 Å². The van der Waals surface area contributed by atoms with Gasteiger partial charge in [0.1, 0.15) is 0 Å². The van der Waals surface area contributed by atoms with Crippen molar-refractivity contribution in [1.29, 1.82) is 0 Å². The van der Waals surface area contributed by atoms with Crippen molar-refractivity contribution in [3.63, 3.8) is 0 Å². The Balaban J connectivity index is 0.968. The van der Waals surface area contributed by atoms with E-state index in [2.05, 4.69) is 225 Å². The van der Waals surface area contributed by atoms with Crippen molar-refractivity contribution in [3.05, 3.63) is 218 Å². The van der Waals surface area contributed by atoms with E-state index in [4.69, 9.17) is 0 Å². The lowest BCUT2D eigenvalue weighted by atomic mass is 9.96. The molecule has 0 N–H and O–H groups in total. The van der Waals surface area contributed by atoms with Crippen molar-refractivity contribution in [3.8, 4) is 22.5 Å². The zero-order valence-corrected chi connectivity index (χ0v) is 35.3. The summed E-state index contributed by atoms with van der Waals surface area (Å²) in [5.74, 6) is 0. The van der Waals surface area contributed by atoms with Gasteiger partial charge < -0.3 is 14.0 Å². The Hall–Kier alpha value is -8.25. The number of nitrogens with zero attached hydrogens (tertiary/aromatic N) is 4. The molecule has 64 heavy (non-hydrogen) atoms. The summed E-state index contributed by atoms with van der Waals surface area (Å²) in [6.07, 6.45) is 8.54. The predicted octanol–water partition coefficient (Wildman–Crippen LogP) is 16.4. The van der Waals surface area contributed by atoms with Crippen molar-refractivity contribution in [2.45, 2.75) is 0 Å². The van der Waals surface area contributed by atoms with Gasteiger partial charge in [-0.05, 0) is 113 Å². The second-order valence-electron chi connectivity index (χ2n) is 16.7. The molecule has 298 valence electrons. The molecule has 1 aliphatic heterocycles. The fourth-order valence-electron chi connectivity index (χ4n) is 10.6. The molecule has 4 aromatic heterocycles. The number of benzene rings is 9. The van der Waals surface area contributed by atoms with Crippen LogP contribution < -0.4 is 4.90 Å². The second kappa shape index (κ2) is 13.6. The van der Waals surface area contributed by atoms with Crippen LogP contribution >= 0.6 is 11.3 Å². The van der Waals surface area contributed by atoms with Crippen LogP contribution in [0.4, 0.5) is 17.1 Å². The predicted molar refractivity (Wildman–Crippen MR) is 272 cm³/mol. The molecule has 0 spiro atoms. The van der Waals surface area contributed by atoms with E-state index < -0.39 is 0 Å². The first kappa shape index (κ1) is 35.4. The SMILES string of the molecule is C1=Cc2cc3ccc4sc5ccccc5c4c3c3c4ccccc4n(c23)-c2ccc(-c3ccccc3N(c3ccccc3)c3ccc4c(c3)c3cnccc3n4-c3ccccc3)cc21. The molecule has 0 bridgehead atoms. The lowest BCUT2D eigenvalue weighted by Gasteiger charge is -2.28. The van der Waals surface area contributed by atoms with E-state index in [1.54, 1.807) is 0 Å². The fraction of sp³-hybridized carbons (Fsp3) is 0. The normalized spacial score (nSPS) is 12.3. The average Bonchev–Trinajstić information content (AvgIpc) is 3.98. The van der Waals surface area contributed by atoms with Gasteiger partial charge in [-0.15, -0.1) is 11.3 Å². The lowest BCUT2D eigenvalue weighted by molar-refractivity contribution is 1.17. The van der Waals surface area contributed by atoms with Crippen LogP contribution in [0, 0.1) is 0 Å². The van der Waals surface area contributed by atoms with Crippen LogP contribution in [0.2, 0.25) is 0 Å². The van der Waals surface area contributed by atoms with Gasteiger partial charge in [-0.3, -0.25) is 4.98 Å². The molecule has 0 atom stereocenters. The van der Waals surface area contributed by atoms with Crippen molar-refractivity contribution in [2.24, 2.45) is 0 Å². The molecule has 0 fully saturated rings. The molecular formula is C59H36N4S. The van der Waals surface area contributed by atoms with E-state index in [0.717, 1.165) is 55.7 Å². The van der Waals surface area contributed by atoms with Crippen LogP contribution in [0.25, 0.3) is 109 Å².